The first-order chi connectivity index (χ1) is 10.7. The van der Waals surface area contributed by atoms with E-state index in [9.17, 15) is 4.79 Å². The maximum atomic E-state index is 12.5. The Morgan fingerprint density at radius 1 is 1.14 bits per heavy atom. The monoisotopic (exact) mass is 318 g/mol. The van der Waals surface area contributed by atoms with Gasteiger partial charge in [-0.2, -0.15) is 9.78 Å². The van der Waals surface area contributed by atoms with Crippen LogP contribution in [0.3, 0.4) is 0 Å². The number of nitrogens with zero attached hydrogens (tertiary/aromatic N) is 4. The van der Waals surface area contributed by atoms with Gasteiger partial charge in [0.2, 0.25) is 0 Å². The average Bonchev–Trinajstić information content (AvgIpc) is 2.58. The summed E-state index contributed by atoms with van der Waals surface area (Å²) in [5.41, 5.74) is 1.18. The Morgan fingerprint density at radius 3 is 2.45 bits per heavy atom. The summed E-state index contributed by atoms with van der Waals surface area (Å²) < 4.78 is 1.34. The molecule has 0 N–H and O–H groups in total. The molecule has 1 aromatic carbocycles. The van der Waals surface area contributed by atoms with Gasteiger partial charge in [0.15, 0.2) is 0 Å². The molecule has 0 aliphatic carbocycles. The van der Waals surface area contributed by atoms with Gasteiger partial charge in [0.1, 0.15) is 5.02 Å². The van der Waals surface area contributed by atoms with Crippen LogP contribution in [0.1, 0.15) is 6.92 Å². The second-order valence-electron chi connectivity index (χ2n) is 5.32. The standard InChI is InChI=1S/C16H19ClN4O/c1-2-19-8-10-20(11-9-19)14-12-18-21(16(22)15(14)17)13-6-4-3-5-7-13/h3-7,12H,2,8-11H2,1H3. The van der Waals surface area contributed by atoms with E-state index in [1.165, 1.54) is 4.68 Å². The fraction of sp³-hybridized carbons (Fsp3) is 0.375. The Hall–Kier alpha value is -1.85. The van der Waals surface area contributed by atoms with Gasteiger partial charge >= 0.3 is 0 Å². The zero-order valence-electron chi connectivity index (χ0n) is 12.6. The van der Waals surface area contributed by atoms with Gasteiger partial charge in [0.25, 0.3) is 5.56 Å². The third kappa shape index (κ3) is 2.87. The molecule has 0 unspecified atom stereocenters. The van der Waals surface area contributed by atoms with E-state index in [-0.39, 0.29) is 10.6 Å². The highest BCUT2D eigenvalue weighted by molar-refractivity contribution is 6.33. The van der Waals surface area contributed by atoms with Crippen molar-refractivity contribution in [1.82, 2.24) is 14.7 Å². The van der Waals surface area contributed by atoms with Crippen LogP contribution in [0.2, 0.25) is 5.02 Å². The second-order valence-corrected chi connectivity index (χ2v) is 5.70. The molecule has 1 aliphatic heterocycles. The Labute approximate surface area is 134 Å². The van der Waals surface area contributed by atoms with Gasteiger partial charge in [0.05, 0.1) is 17.6 Å². The minimum Gasteiger partial charge on any atom is -0.366 e. The third-order valence-corrected chi connectivity index (χ3v) is 4.42. The topological polar surface area (TPSA) is 41.4 Å². The highest BCUT2D eigenvalue weighted by Gasteiger charge is 2.20. The van der Waals surface area contributed by atoms with E-state index in [1.54, 1.807) is 6.20 Å². The number of likely N-dealkylation sites (N-methyl/N-ethyl adjacent to an activating group) is 1. The van der Waals surface area contributed by atoms with Crippen molar-refractivity contribution in [3.8, 4) is 5.69 Å². The van der Waals surface area contributed by atoms with Crippen LogP contribution in [0.5, 0.6) is 0 Å². The van der Waals surface area contributed by atoms with Crippen LogP contribution in [-0.4, -0.2) is 47.4 Å². The lowest BCUT2D eigenvalue weighted by atomic mass is 10.3. The summed E-state index contributed by atoms with van der Waals surface area (Å²) in [6.45, 7) is 6.90. The van der Waals surface area contributed by atoms with Crippen LogP contribution in [0, 0.1) is 0 Å². The Balaban J connectivity index is 1.89. The Kier molecular flexibility index (Phi) is 4.45. The van der Waals surface area contributed by atoms with Crippen molar-refractivity contribution < 1.29 is 0 Å². The minimum absolute atomic E-state index is 0.240. The molecule has 0 atom stereocenters. The van der Waals surface area contributed by atoms with Crippen molar-refractivity contribution in [2.75, 3.05) is 37.6 Å². The second kappa shape index (κ2) is 6.50. The molecular formula is C16H19ClN4O. The Morgan fingerprint density at radius 2 is 1.82 bits per heavy atom. The number of rotatable bonds is 3. The number of para-hydroxylation sites is 1. The lowest BCUT2D eigenvalue weighted by Crippen LogP contribution is -2.46. The van der Waals surface area contributed by atoms with Crippen molar-refractivity contribution in [3.05, 3.63) is 51.9 Å². The summed E-state index contributed by atoms with van der Waals surface area (Å²) in [4.78, 5) is 17.0. The molecule has 2 heterocycles. The number of halogens is 1. The molecular weight excluding hydrogens is 300 g/mol. The van der Waals surface area contributed by atoms with Crippen molar-refractivity contribution in [3.63, 3.8) is 0 Å². The smallest absolute Gasteiger partial charge is 0.292 e. The predicted molar refractivity (Wildman–Crippen MR) is 89.2 cm³/mol. The average molecular weight is 319 g/mol. The quantitative estimate of drug-likeness (QED) is 0.868. The molecule has 0 spiro atoms. The van der Waals surface area contributed by atoms with Crippen molar-refractivity contribution in [1.29, 1.82) is 0 Å². The maximum absolute atomic E-state index is 12.5. The normalized spacial score (nSPS) is 16.0. The highest BCUT2D eigenvalue weighted by atomic mass is 35.5. The van der Waals surface area contributed by atoms with E-state index >= 15 is 0 Å². The number of hydrogen-bond donors (Lipinski definition) is 0. The molecule has 3 rings (SSSR count). The molecule has 1 aliphatic rings. The van der Waals surface area contributed by atoms with E-state index in [2.05, 4.69) is 21.8 Å². The number of aromatic nitrogens is 2. The van der Waals surface area contributed by atoms with Gasteiger partial charge in [-0.05, 0) is 18.7 Å². The predicted octanol–water partition coefficient (Wildman–Crippen LogP) is 2.03. The fourth-order valence-electron chi connectivity index (χ4n) is 2.70. The largest absolute Gasteiger partial charge is 0.366 e. The summed E-state index contributed by atoms with van der Waals surface area (Å²) in [6.07, 6.45) is 1.69. The van der Waals surface area contributed by atoms with Gasteiger partial charge in [-0.3, -0.25) is 4.79 Å². The summed E-state index contributed by atoms with van der Waals surface area (Å²) >= 11 is 6.32. The molecule has 0 amide bonds. The van der Waals surface area contributed by atoms with Crippen LogP contribution in [0.4, 0.5) is 5.69 Å². The number of benzene rings is 1. The van der Waals surface area contributed by atoms with Crippen molar-refractivity contribution >= 4 is 17.3 Å². The zero-order chi connectivity index (χ0) is 15.5. The molecule has 0 radical (unpaired) electrons. The van der Waals surface area contributed by atoms with Gasteiger partial charge in [-0.25, -0.2) is 0 Å². The van der Waals surface area contributed by atoms with E-state index in [4.69, 9.17) is 11.6 Å². The van der Waals surface area contributed by atoms with Gasteiger partial charge in [-0.1, -0.05) is 36.7 Å². The summed E-state index contributed by atoms with van der Waals surface area (Å²) in [6, 6.07) is 9.32. The number of hydrogen-bond acceptors (Lipinski definition) is 4. The number of piperazine rings is 1. The molecule has 6 heteroatoms. The van der Waals surface area contributed by atoms with Crippen LogP contribution in [-0.2, 0) is 0 Å². The molecule has 0 bridgehead atoms. The number of anilines is 1. The van der Waals surface area contributed by atoms with E-state index in [0.717, 1.165) is 44.1 Å². The highest BCUT2D eigenvalue weighted by Crippen LogP contribution is 2.22. The minimum atomic E-state index is -0.275. The molecule has 1 aromatic heterocycles. The van der Waals surface area contributed by atoms with Crippen LogP contribution >= 0.6 is 11.6 Å². The molecule has 5 nitrogen and oxygen atoms in total. The van der Waals surface area contributed by atoms with Crippen LogP contribution in [0.25, 0.3) is 5.69 Å². The molecule has 116 valence electrons. The zero-order valence-corrected chi connectivity index (χ0v) is 13.3. The van der Waals surface area contributed by atoms with Crippen molar-refractivity contribution in [2.24, 2.45) is 0 Å². The van der Waals surface area contributed by atoms with Crippen molar-refractivity contribution in [2.45, 2.75) is 6.92 Å². The van der Waals surface area contributed by atoms with E-state index in [1.807, 2.05) is 30.3 Å². The summed E-state index contributed by atoms with van der Waals surface area (Å²) in [5.74, 6) is 0. The summed E-state index contributed by atoms with van der Waals surface area (Å²) in [7, 11) is 0. The first-order valence-electron chi connectivity index (χ1n) is 7.51. The van der Waals surface area contributed by atoms with E-state index < -0.39 is 0 Å². The molecule has 2 aromatic rings. The molecule has 1 saturated heterocycles. The van der Waals surface area contributed by atoms with E-state index in [0.29, 0.717) is 0 Å². The van der Waals surface area contributed by atoms with Gasteiger partial charge in [-0.15, -0.1) is 0 Å². The first-order valence-corrected chi connectivity index (χ1v) is 7.89. The maximum Gasteiger partial charge on any atom is 0.292 e. The summed E-state index contributed by atoms with van der Waals surface area (Å²) in [5, 5.41) is 4.53. The van der Waals surface area contributed by atoms with Crippen LogP contribution in [0.15, 0.2) is 41.3 Å². The molecule has 0 saturated carbocycles. The molecule has 1 fully saturated rings. The fourth-order valence-corrected chi connectivity index (χ4v) is 2.95. The third-order valence-electron chi connectivity index (χ3n) is 4.06. The van der Waals surface area contributed by atoms with Gasteiger partial charge < -0.3 is 9.80 Å². The first kappa shape index (κ1) is 15.1. The SMILES string of the molecule is CCN1CCN(c2cnn(-c3ccccc3)c(=O)c2Cl)CC1. The lowest BCUT2D eigenvalue weighted by molar-refractivity contribution is 0.271. The lowest BCUT2D eigenvalue weighted by Gasteiger charge is -2.35. The van der Waals surface area contributed by atoms with Crippen LogP contribution < -0.4 is 10.5 Å². The van der Waals surface area contributed by atoms with Gasteiger partial charge in [0, 0.05) is 26.2 Å². The Bertz CT molecular complexity index is 693. The molecule has 22 heavy (non-hydrogen) atoms.